The van der Waals surface area contributed by atoms with Gasteiger partial charge >= 0.3 is 6.03 Å². The number of carbonyl (C=O) groups excluding carboxylic acids is 2. The average Bonchev–Trinajstić information content (AvgIpc) is 2.57. The molecule has 6 nitrogen and oxygen atoms in total. The van der Waals surface area contributed by atoms with E-state index in [9.17, 15) is 9.59 Å². The van der Waals surface area contributed by atoms with Gasteiger partial charge in [-0.25, -0.2) is 4.79 Å². The van der Waals surface area contributed by atoms with Crippen LogP contribution >= 0.6 is 0 Å². The Hall–Kier alpha value is -2.08. The van der Waals surface area contributed by atoms with E-state index >= 15 is 0 Å². The molecule has 128 valence electrons. The molecule has 0 unspecified atom stereocenters. The van der Waals surface area contributed by atoms with E-state index < -0.39 is 0 Å². The molecule has 1 saturated carbocycles. The molecule has 6 heteroatoms. The van der Waals surface area contributed by atoms with Crippen molar-refractivity contribution in [3.63, 3.8) is 0 Å². The summed E-state index contributed by atoms with van der Waals surface area (Å²) in [4.78, 5) is 25.7. The van der Waals surface area contributed by atoms with Crippen LogP contribution in [0, 0.1) is 0 Å². The number of amides is 3. The van der Waals surface area contributed by atoms with Crippen LogP contribution in [-0.4, -0.2) is 54.7 Å². The van der Waals surface area contributed by atoms with Crippen LogP contribution < -0.4 is 10.6 Å². The Morgan fingerprint density at radius 2 is 2.04 bits per heavy atom. The number of nitrogens with one attached hydrogen (secondary N) is 2. The predicted molar refractivity (Wildman–Crippen MR) is 88.6 cm³/mol. The highest BCUT2D eigenvalue weighted by Crippen LogP contribution is 2.36. The van der Waals surface area contributed by atoms with Gasteiger partial charge in [0.1, 0.15) is 6.61 Å². The molecule has 2 N–H and O–H groups in total. The zero-order valence-corrected chi connectivity index (χ0v) is 13.6. The SMILES string of the molecule is O=C1CO[C@H]2CCN(C(=O)NC3CC(c4ccccc4)C3)C[C@H]2N1. The number of fused-ring (bicyclic) bond motifs is 1. The second-order valence-electron chi connectivity index (χ2n) is 6.98. The first-order chi connectivity index (χ1) is 11.7. The van der Waals surface area contributed by atoms with E-state index in [1.165, 1.54) is 5.56 Å². The molecule has 3 aliphatic rings. The largest absolute Gasteiger partial charge is 0.366 e. The molecular formula is C18H23N3O3. The van der Waals surface area contributed by atoms with Gasteiger partial charge in [-0.1, -0.05) is 30.3 Å². The Bertz CT molecular complexity index is 615. The van der Waals surface area contributed by atoms with Gasteiger partial charge in [0.05, 0.1) is 12.1 Å². The van der Waals surface area contributed by atoms with Crippen LogP contribution in [-0.2, 0) is 9.53 Å². The molecule has 0 aromatic heterocycles. The normalized spacial score (nSPS) is 32.3. The standard InChI is InChI=1S/C18H23N3O3/c22-17-11-24-16-6-7-21(10-15(16)20-17)18(23)19-14-8-13(9-14)12-4-2-1-3-5-12/h1-5,13-16H,6-11H2,(H,19,23)(H,20,22)/t13?,14?,15-,16+/m1/s1. The number of nitrogens with zero attached hydrogens (tertiary/aromatic N) is 1. The summed E-state index contributed by atoms with van der Waals surface area (Å²) in [6.45, 7) is 1.34. The third-order valence-corrected chi connectivity index (χ3v) is 5.35. The third-order valence-electron chi connectivity index (χ3n) is 5.35. The van der Waals surface area contributed by atoms with E-state index in [1.54, 1.807) is 4.90 Å². The van der Waals surface area contributed by atoms with Gasteiger partial charge in [-0.2, -0.15) is 0 Å². The minimum atomic E-state index is -0.0943. The maximum Gasteiger partial charge on any atom is 0.317 e. The summed E-state index contributed by atoms with van der Waals surface area (Å²) in [6, 6.07) is 10.6. The van der Waals surface area contributed by atoms with E-state index in [0.29, 0.717) is 19.0 Å². The number of likely N-dealkylation sites (tertiary alicyclic amines) is 1. The van der Waals surface area contributed by atoms with Crippen molar-refractivity contribution in [1.82, 2.24) is 15.5 Å². The van der Waals surface area contributed by atoms with Crippen LogP contribution in [0.5, 0.6) is 0 Å². The molecule has 4 rings (SSSR count). The lowest BCUT2D eigenvalue weighted by atomic mass is 9.76. The van der Waals surface area contributed by atoms with Gasteiger partial charge in [-0.15, -0.1) is 0 Å². The van der Waals surface area contributed by atoms with Crippen molar-refractivity contribution in [2.24, 2.45) is 0 Å². The average molecular weight is 329 g/mol. The summed E-state index contributed by atoms with van der Waals surface area (Å²) in [5.74, 6) is 0.455. The predicted octanol–water partition coefficient (Wildman–Crippen LogP) is 1.23. The molecule has 0 bridgehead atoms. The number of piperidine rings is 1. The lowest BCUT2D eigenvalue weighted by Gasteiger charge is -2.42. The van der Waals surface area contributed by atoms with Gasteiger partial charge < -0.3 is 20.3 Å². The van der Waals surface area contributed by atoms with Gasteiger partial charge in [-0.3, -0.25) is 4.79 Å². The number of carbonyl (C=O) groups is 2. The molecule has 2 saturated heterocycles. The first kappa shape index (κ1) is 15.4. The van der Waals surface area contributed by atoms with Gasteiger partial charge in [0, 0.05) is 19.1 Å². The molecule has 3 fully saturated rings. The first-order valence-electron chi connectivity index (χ1n) is 8.70. The summed E-state index contributed by atoms with van der Waals surface area (Å²) >= 11 is 0. The van der Waals surface area contributed by atoms with E-state index in [1.807, 2.05) is 6.07 Å². The number of rotatable bonds is 2. The van der Waals surface area contributed by atoms with Crippen LogP contribution in [0.4, 0.5) is 4.79 Å². The Morgan fingerprint density at radius 3 is 2.83 bits per heavy atom. The highest BCUT2D eigenvalue weighted by atomic mass is 16.5. The topological polar surface area (TPSA) is 70.7 Å². The second kappa shape index (κ2) is 6.43. The highest BCUT2D eigenvalue weighted by molar-refractivity contribution is 5.79. The van der Waals surface area contributed by atoms with Crippen LogP contribution in [0.15, 0.2) is 30.3 Å². The summed E-state index contributed by atoms with van der Waals surface area (Å²) in [5.41, 5.74) is 1.35. The van der Waals surface area contributed by atoms with Crippen molar-refractivity contribution in [3.05, 3.63) is 35.9 Å². The molecule has 1 aliphatic carbocycles. The maximum atomic E-state index is 12.5. The minimum absolute atomic E-state index is 0.0233. The lowest BCUT2D eigenvalue weighted by molar-refractivity contribution is -0.139. The highest BCUT2D eigenvalue weighted by Gasteiger charge is 2.38. The Kier molecular flexibility index (Phi) is 4.14. The molecule has 1 aromatic carbocycles. The van der Waals surface area contributed by atoms with Gasteiger partial charge in [0.2, 0.25) is 5.91 Å². The quantitative estimate of drug-likeness (QED) is 0.857. The second-order valence-corrected chi connectivity index (χ2v) is 6.98. The van der Waals surface area contributed by atoms with Crippen LogP contribution in [0.2, 0.25) is 0 Å². The zero-order valence-electron chi connectivity index (χ0n) is 13.6. The van der Waals surface area contributed by atoms with Crippen LogP contribution in [0.1, 0.15) is 30.7 Å². The van der Waals surface area contributed by atoms with Crippen molar-refractivity contribution >= 4 is 11.9 Å². The number of hydrogen-bond acceptors (Lipinski definition) is 3. The van der Waals surface area contributed by atoms with Crippen molar-refractivity contribution in [3.8, 4) is 0 Å². The van der Waals surface area contributed by atoms with Crippen molar-refractivity contribution in [2.75, 3.05) is 19.7 Å². The summed E-state index contributed by atoms with van der Waals surface area (Å²) < 4.78 is 5.53. The number of urea groups is 1. The minimum Gasteiger partial charge on any atom is -0.366 e. The summed E-state index contributed by atoms with van der Waals surface area (Å²) in [5, 5.41) is 6.05. The molecule has 3 amide bonds. The number of morpholine rings is 1. The fourth-order valence-electron chi connectivity index (χ4n) is 3.88. The zero-order chi connectivity index (χ0) is 16.5. The molecule has 24 heavy (non-hydrogen) atoms. The van der Waals surface area contributed by atoms with Gasteiger partial charge in [-0.05, 0) is 30.7 Å². The van der Waals surface area contributed by atoms with Crippen molar-refractivity contribution in [1.29, 1.82) is 0 Å². The van der Waals surface area contributed by atoms with E-state index in [0.717, 1.165) is 19.3 Å². The monoisotopic (exact) mass is 329 g/mol. The number of hydrogen-bond donors (Lipinski definition) is 2. The van der Waals surface area contributed by atoms with Crippen molar-refractivity contribution in [2.45, 2.75) is 43.4 Å². The molecule has 2 heterocycles. The molecule has 0 radical (unpaired) electrons. The smallest absolute Gasteiger partial charge is 0.317 e. The number of benzene rings is 1. The van der Waals surface area contributed by atoms with Gasteiger partial charge in [0.15, 0.2) is 0 Å². The fourth-order valence-corrected chi connectivity index (χ4v) is 3.88. The molecule has 1 aromatic rings. The van der Waals surface area contributed by atoms with Crippen molar-refractivity contribution < 1.29 is 14.3 Å². The van der Waals surface area contributed by atoms with E-state index in [2.05, 4.69) is 34.9 Å². The van der Waals surface area contributed by atoms with Crippen LogP contribution in [0.3, 0.4) is 0 Å². The lowest BCUT2D eigenvalue weighted by Crippen LogP contribution is -2.62. The Morgan fingerprint density at radius 1 is 1.25 bits per heavy atom. The molecular weight excluding hydrogens is 306 g/mol. The van der Waals surface area contributed by atoms with E-state index in [4.69, 9.17) is 4.74 Å². The first-order valence-corrected chi connectivity index (χ1v) is 8.70. The van der Waals surface area contributed by atoms with E-state index in [-0.39, 0.29) is 36.7 Å². The molecule has 2 atom stereocenters. The Labute approximate surface area is 141 Å². The summed E-state index contributed by atoms with van der Waals surface area (Å²) in [6.07, 6.45) is 2.80. The fraction of sp³-hybridized carbons (Fsp3) is 0.556. The van der Waals surface area contributed by atoms with Crippen LogP contribution in [0.25, 0.3) is 0 Å². The number of ether oxygens (including phenoxy) is 1. The molecule has 2 aliphatic heterocycles. The third kappa shape index (κ3) is 3.11. The Balaban J connectivity index is 1.26. The van der Waals surface area contributed by atoms with Gasteiger partial charge in [0.25, 0.3) is 0 Å². The molecule has 0 spiro atoms. The summed E-state index contributed by atoms with van der Waals surface area (Å²) in [7, 11) is 0. The maximum absolute atomic E-state index is 12.5.